The Hall–Kier alpha value is -3.02. The molecule has 3 aromatic heterocycles. The first-order chi connectivity index (χ1) is 14.1. The smallest absolute Gasteiger partial charge is 0.272 e. The molecule has 0 aromatic carbocycles. The number of carbonyl (C=O) groups is 1. The van der Waals surface area contributed by atoms with E-state index in [2.05, 4.69) is 33.3 Å². The maximum absolute atomic E-state index is 13.5. The highest BCUT2D eigenvalue weighted by atomic mass is 16.2. The van der Waals surface area contributed by atoms with Gasteiger partial charge in [0.05, 0.1) is 17.8 Å². The second-order valence-corrected chi connectivity index (χ2v) is 8.39. The van der Waals surface area contributed by atoms with Crippen LogP contribution in [0.1, 0.15) is 34.7 Å². The Morgan fingerprint density at radius 3 is 2.86 bits per heavy atom. The Bertz CT molecular complexity index is 1080. The van der Waals surface area contributed by atoms with E-state index < -0.39 is 0 Å². The number of rotatable bonds is 5. The first-order valence-corrected chi connectivity index (χ1v) is 10.2. The summed E-state index contributed by atoms with van der Waals surface area (Å²) in [7, 11) is 1.94. The topological polar surface area (TPSA) is 63.9 Å². The third-order valence-corrected chi connectivity index (χ3v) is 6.38. The normalized spacial score (nSPS) is 22.5. The Labute approximate surface area is 170 Å². The van der Waals surface area contributed by atoms with Crippen molar-refractivity contribution in [2.75, 3.05) is 6.54 Å². The van der Waals surface area contributed by atoms with Gasteiger partial charge in [0.15, 0.2) is 0 Å². The second-order valence-electron chi connectivity index (χ2n) is 8.39. The summed E-state index contributed by atoms with van der Waals surface area (Å²) < 4.78 is 1.86. The Balaban J connectivity index is 1.44. The predicted octanol–water partition coefficient (Wildman–Crippen LogP) is 3.53. The maximum atomic E-state index is 13.5. The van der Waals surface area contributed by atoms with Crippen LogP contribution in [-0.4, -0.2) is 37.1 Å². The third-order valence-electron chi connectivity index (χ3n) is 6.38. The summed E-state index contributed by atoms with van der Waals surface area (Å²) in [6.07, 6.45) is 10.6. The molecule has 0 radical (unpaired) electrons. The molecule has 3 aromatic rings. The van der Waals surface area contributed by atoms with Crippen LogP contribution >= 0.6 is 0 Å². The van der Waals surface area contributed by atoms with Crippen molar-refractivity contribution in [2.24, 2.45) is 24.8 Å². The fraction of sp³-hybridized carbons (Fsp3) is 0.391. The van der Waals surface area contributed by atoms with Crippen LogP contribution in [0.15, 0.2) is 48.8 Å². The van der Waals surface area contributed by atoms with E-state index in [4.69, 9.17) is 0 Å². The second kappa shape index (κ2) is 7.10. The average molecular weight is 387 g/mol. The van der Waals surface area contributed by atoms with Crippen LogP contribution in [0.25, 0.3) is 10.9 Å². The number of fused-ring (bicyclic) bond motifs is 3. The average Bonchev–Trinajstić information content (AvgIpc) is 3.43. The molecule has 2 aliphatic rings. The highest BCUT2D eigenvalue weighted by Crippen LogP contribution is 2.43. The van der Waals surface area contributed by atoms with Gasteiger partial charge in [0.25, 0.3) is 5.91 Å². The molecule has 6 heteroatoms. The predicted molar refractivity (Wildman–Crippen MR) is 111 cm³/mol. The summed E-state index contributed by atoms with van der Waals surface area (Å²) in [4.78, 5) is 24.2. The molecule has 3 unspecified atom stereocenters. The van der Waals surface area contributed by atoms with Crippen LogP contribution in [0.5, 0.6) is 0 Å². The first-order valence-electron chi connectivity index (χ1n) is 10.2. The van der Waals surface area contributed by atoms with Crippen molar-refractivity contribution in [2.45, 2.75) is 26.3 Å². The van der Waals surface area contributed by atoms with Crippen LogP contribution in [0, 0.1) is 24.7 Å². The molecule has 3 atom stereocenters. The number of hydrogen-bond acceptors (Lipinski definition) is 4. The van der Waals surface area contributed by atoms with Gasteiger partial charge in [-0.3, -0.25) is 14.5 Å². The summed E-state index contributed by atoms with van der Waals surface area (Å²) in [5, 5.41) is 5.52. The van der Waals surface area contributed by atoms with E-state index in [0.717, 1.165) is 28.8 Å². The minimum absolute atomic E-state index is 0.0289. The number of nitrogens with zero attached hydrogens (tertiary/aromatic N) is 5. The SMILES string of the molecule is Cc1cc(CN(CC2CC3C=CC2C3)C(=O)c2ccc3cnccc3n2)nn1C. The lowest BCUT2D eigenvalue weighted by Gasteiger charge is -2.28. The number of pyridine rings is 2. The zero-order valence-electron chi connectivity index (χ0n) is 16.8. The molecule has 2 bridgehead atoms. The third kappa shape index (κ3) is 3.43. The highest BCUT2D eigenvalue weighted by Gasteiger charge is 2.37. The number of carbonyl (C=O) groups excluding carboxylic acids is 1. The van der Waals surface area contributed by atoms with E-state index >= 15 is 0 Å². The molecule has 0 spiro atoms. The van der Waals surface area contributed by atoms with Crippen molar-refractivity contribution in [3.63, 3.8) is 0 Å². The first kappa shape index (κ1) is 18.0. The van der Waals surface area contributed by atoms with E-state index in [1.807, 2.05) is 41.8 Å². The Kier molecular flexibility index (Phi) is 4.42. The molecule has 2 aliphatic carbocycles. The monoisotopic (exact) mass is 387 g/mol. The molecule has 1 fully saturated rings. The Morgan fingerprint density at radius 1 is 1.24 bits per heavy atom. The Morgan fingerprint density at radius 2 is 2.14 bits per heavy atom. The fourth-order valence-electron chi connectivity index (χ4n) is 4.76. The van der Waals surface area contributed by atoms with E-state index in [1.165, 1.54) is 12.8 Å². The van der Waals surface area contributed by atoms with Crippen molar-refractivity contribution in [3.8, 4) is 0 Å². The number of amides is 1. The van der Waals surface area contributed by atoms with Gasteiger partial charge in [-0.25, -0.2) is 4.98 Å². The number of aromatic nitrogens is 4. The molecule has 0 aliphatic heterocycles. The molecule has 29 heavy (non-hydrogen) atoms. The minimum Gasteiger partial charge on any atom is -0.331 e. The van der Waals surface area contributed by atoms with Crippen molar-refractivity contribution in [1.29, 1.82) is 0 Å². The largest absolute Gasteiger partial charge is 0.331 e. The van der Waals surface area contributed by atoms with Gasteiger partial charge in [0, 0.05) is 37.1 Å². The molecule has 6 nitrogen and oxygen atoms in total. The highest BCUT2D eigenvalue weighted by molar-refractivity contribution is 5.94. The summed E-state index contributed by atoms with van der Waals surface area (Å²) in [5.74, 6) is 1.77. The van der Waals surface area contributed by atoms with Gasteiger partial charge in [-0.1, -0.05) is 12.2 Å². The number of allylic oxidation sites excluding steroid dienone is 2. The van der Waals surface area contributed by atoms with Gasteiger partial charge in [-0.2, -0.15) is 5.10 Å². The lowest BCUT2D eigenvalue weighted by atomic mass is 9.93. The number of hydrogen-bond donors (Lipinski definition) is 0. The maximum Gasteiger partial charge on any atom is 0.272 e. The fourth-order valence-corrected chi connectivity index (χ4v) is 4.76. The zero-order chi connectivity index (χ0) is 20.0. The van der Waals surface area contributed by atoms with E-state index in [1.54, 1.807) is 12.4 Å². The summed E-state index contributed by atoms with van der Waals surface area (Å²) in [6, 6.07) is 7.63. The molecule has 0 saturated heterocycles. The lowest BCUT2D eigenvalue weighted by Crippen LogP contribution is -2.36. The van der Waals surface area contributed by atoms with Crippen molar-refractivity contribution >= 4 is 16.8 Å². The van der Waals surface area contributed by atoms with Gasteiger partial charge >= 0.3 is 0 Å². The van der Waals surface area contributed by atoms with Gasteiger partial charge in [0.2, 0.25) is 0 Å². The minimum atomic E-state index is -0.0289. The van der Waals surface area contributed by atoms with E-state index in [9.17, 15) is 4.79 Å². The molecule has 5 rings (SSSR count). The van der Waals surface area contributed by atoms with Gasteiger partial charge < -0.3 is 4.90 Å². The molecular weight excluding hydrogens is 362 g/mol. The summed E-state index contributed by atoms with van der Waals surface area (Å²) in [5.41, 5.74) is 3.28. The van der Waals surface area contributed by atoms with E-state index in [0.29, 0.717) is 30.0 Å². The van der Waals surface area contributed by atoms with Crippen LogP contribution in [0.2, 0.25) is 0 Å². The van der Waals surface area contributed by atoms with Crippen molar-refractivity contribution in [1.82, 2.24) is 24.6 Å². The zero-order valence-corrected chi connectivity index (χ0v) is 16.8. The van der Waals surface area contributed by atoms with E-state index in [-0.39, 0.29) is 5.91 Å². The van der Waals surface area contributed by atoms with Crippen LogP contribution in [0.4, 0.5) is 0 Å². The van der Waals surface area contributed by atoms with Gasteiger partial charge in [-0.05, 0) is 61.8 Å². The molecule has 0 N–H and O–H groups in total. The lowest BCUT2D eigenvalue weighted by molar-refractivity contribution is 0.0696. The van der Waals surface area contributed by atoms with Gasteiger partial charge in [0.1, 0.15) is 5.69 Å². The molecule has 1 saturated carbocycles. The number of aryl methyl sites for hydroxylation is 2. The summed E-state index contributed by atoms with van der Waals surface area (Å²) in [6.45, 7) is 3.28. The van der Waals surface area contributed by atoms with Crippen LogP contribution < -0.4 is 0 Å². The molecule has 1 amide bonds. The molecule has 148 valence electrons. The van der Waals surface area contributed by atoms with Crippen LogP contribution in [0.3, 0.4) is 0 Å². The van der Waals surface area contributed by atoms with Gasteiger partial charge in [-0.15, -0.1) is 0 Å². The van der Waals surface area contributed by atoms with Crippen LogP contribution in [-0.2, 0) is 13.6 Å². The summed E-state index contributed by atoms with van der Waals surface area (Å²) >= 11 is 0. The molecule has 3 heterocycles. The van der Waals surface area contributed by atoms with Crippen molar-refractivity contribution < 1.29 is 4.79 Å². The standard InChI is InChI=1S/C23H25N5O/c1-15-9-20(26-27(15)2)14-28(13-19-11-16-3-4-17(19)10-16)23(29)22-6-5-18-12-24-8-7-21(18)25-22/h3-9,12,16-17,19H,10-11,13-14H2,1-2H3. The van der Waals surface area contributed by atoms with Crippen molar-refractivity contribution in [3.05, 3.63) is 65.9 Å². The molecular formula is C23H25N5O. The quantitative estimate of drug-likeness (QED) is 0.629.